The Hall–Kier alpha value is -2.54. The first-order valence-corrected chi connectivity index (χ1v) is 7.06. The predicted molar refractivity (Wildman–Crippen MR) is 83.2 cm³/mol. The van der Waals surface area contributed by atoms with Crippen molar-refractivity contribution in [2.75, 3.05) is 5.32 Å². The van der Waals surface area contributed by atoms with Crippen LogP contribution >= 0.6 is 0 Å². The van der Waals surface area contributed by atoms with E-state index < -0.39 is 5.97 Å². The molecule has 4 nitrogen and oxygen atoms in total. The van der Waals surface area contributed by atoms with E-state index in [0.717, 1.165) is 29.3 Å². The average Bonchev–Trinajstić information content (AvgIpc) is 2.47. The Balaban J connectivity index is 2.38. The third kappa shape index (κ3) is 3.51. The van der Waals surface area contributed by atoms with Gasteiger partial charge in [-0.2, -0.15) is 5.26 Å². The number of nitriles is 1. The van der Waals surface area contributed by atoms with E-state index in [4.69, 9.17) is 10.4 Å². The van der Waals surface area contributed by atoms with Crippen molar-refractivity contribution < 1.29 is 9.90 Å². The molecule has 2 rings (SSSR count). The van der Waals surface area contributed by atoms with Gasteiger partial charge in [0.05, 0.1) is 18.1 Å². The molecule has 108 valence electrons. The highest BCUT2D eigenvalue weighted by Crippen LogP contribution is 2.27. The van der Waals surface area contributed by atoms with Gasteiger partial charge in [-0.15, -0.1) is 0 Å². The highest BCUT2D eigenvalue weighted by molar-refractivity contribution is 5.97. The van der Waals surface area contributed by atoms with E-state index in [1.807, 2.05) is 37.3 Å². The number of benzene rings is 2. The maximum atomic E-state index is 11.0. The van der Waals surface area contributed by atoms with Gasteiger partial charge in [-0.05, 0) is 18.6 Å². The minimum atomic E-state index is -0.807. The highest BCUT2D eigenvalue weighted by atomic mass is 16.4. The molecule has 1 unspecified atom stereocenters. The van der Waals surface area contributed by atoms with Crippen molar-refractivity contribution in [2.45, 2.75) is 32.2 Å². The van der Waals surface area contributed by atoms with Gasteiger partial charge in [-0.3, -0.25) is 4.79 Å². The van der Waals surface area contributed by atoms with Gasteiger partial charge in [0.1, 0.15) is 0 Å². The maximum Gasteiger partial charge on any atom is 0.305 e. The largest absolute Gasteiger partial charge is 0.481 e. The Labute approximate surface area is 124 Å². The normalized spacial score (nSPS) is 11.8. The Kier molecular flexibility index (Phi) is 4.78. The van der Waals surface area contributed by atoms with Crippen LogP contribution < -0.4 is 5.32 Å². The van der Waals surface area contributed by atoms with Crippen LogP contribution in [0.15, 0.2) is 36.4 Å². The summed E-state index contributed by atoms with van der Waals surface area (Å²) in [5.74, 6) is -0.807. The molecule has 1 atom stereocenters. The zero-order valence-electron chi connectivity index (χ0n) is 12.0. The van der Waals surface area contributed by atoms with E-state index in [0.29, 0.717) is 5.56 Å². The first kappa shape index (κ1) is 14.9. The molecule has 2 N–H and O–H groups in total. The van der Waals surface area contributed by atoms with E-state index in [1.165, 1.54) is 0 Å². The summed E-state index contributed by atoms with van der Waals surface area (Å²) in [5, 5.41) is 23.3. The van der Waals surface area contributed by atoms with Crippen LogP contribution in [0.4, 0.5) is 5.69 Å². The molecule has 0 aliphatic rings. The van der Waals surface area contributed by atoms with Crippen molar-refractivity contribution in [3.63, 3.8) is 0 Å². The summed E-state index contributed by atoms with van der Waals surface area (Å²) >= 11 is 0. The molecule has 0 aliphatic carbocycles. The maximum absolute atomic E-state index is 11.0. The lowest BCUT2D eigenvalue weighted by atomic mass is 10.0. The number of hydrogen-bond donors (Lipinski definition) is 2. The first-order valence-electron chi connectivity index (χ1n) is 7.06. The van der Waals surface area contributed by atoms with Gasteiger partial charge in [0, 0.05) is 22.5 Å². The van der Waals surface area contributed by atoms with Gasteiger partial charge in [0.25, 0.3) is 0 Å². The van der Waals surface area contributed by atoms with Gasteiger partial charge in [0.15, 0.2) is 0 Å². The van der Waals surface area contributed by atoms with E-state index in [2.05, 4.69) is 11.4 Å². The number of carboxylic acids is 1. The third-order valence-corrected chi connectivity index (χ3v) is 3.46. The van der Waals surface area contributed by atoms with Gasteiger partial charge in [0.2, 0.25) is 0 Å². The molecular formula is C17H18N2O2. The van der Waals surface area contributed by atoms with E-state index in [9.17, 15) is 4.79 Å². The number of aliphatic carboxylic acids is 1. The number of carbonyl (C=O) groups is 1. The lowest BCUT2D eigenvalue weighted by Gasteiger charge is -2.19. The number of carboxylic acid groups (broad SMARTS) is 1. The van der Waals surface area contributed by atoms with Crippen LogP contribution in [0.1, 0.15) is 31.7 Å². The molecule has 0 radical (unpaired) electrons. The monoisotopic (exact) mass is 282 g/mol. The topological polar surface area (TPSA) is 73.1 Å². The molecule has 2 aromatic carbocycles. The molecule has 21 heavy (non-hydrogen) atoms. The number of nitrogens with zero attached hydrogens (tertiary/aromatic N) is 1. The van der Waals surface area contributed by atoms with Crippen LogP contribution in [-0.2, 0) is 4.79 Å². The SMILES string of the molecule is CCCC(CC(=O)O)Nc1ccc(C#N)c2ccccc12. The van der Waals surface area contributed by atoms with Crippen LogP contribution in [0.2, 0.25) is 0 Å². The molecule has 0 spiro atoms. The van der Waals surface area contributed by atoms with Gasteiger partial charge >= 0.3 is 5.97 Å². The third-order valence-electron chi connectivity index (χ3n) is 3.46. The number of hydrogen-bond acceptors (Lipinski definition) is 3. The smallest absolute Gasteiger partial charge is 0.305 e. The lowest BCUT2D eigenvalue weighted by Crippen LogP contribution is -2.23. The van der Waals surface area contributed by atoms with Crippen molar-refractivity contribution in [2.24, 2.45) is 0 Å². The van der Waals surface area contributed by atoms with Gasteiger partial charge in [-0.1, -0.05) is 37.6 Å². The number of rotatable bonds is 6. The molecule has 2 aromatic rings. The second-order valence-corrected chi connectivity index (χ2v) is 5.05. The summed E-state index contributed by atoms with van der Waals surface area (Å²) in [4.78, 5) is 11.0. The standard InChI is InChI=1S/C17H18N2O2/c1-2-5-13(10-17(20)21)19-16-9-8-12(11-18)14-6-3-4-7-15(14)16/h3-4,6-9,13,19H,2,5,10H2,1H3,(H,20,21). The molecular weight excluding hydrogens is 264 g/mol. The van der Waals surface area contributed by atoms with Crippen LogP contribution in [0.5, 0.6) is 0 Å². The number of anilines is 1. The number of nitrogens with one attached hydrogen (secondary N) is 1. The zero-order chi connectivity index (χ0) is 15.2. The Morgan fingerprint density at radius 2 is 2.00 bits per heavy atom. The summed E-state index contributed by atoms with van der Waals surface area (Å²) in [6, 6.07) is 13.4. The molecule has 0 aliphatic heterocycles. The predicted octanol–water partition coefficient (Wildman–Crippen LogP) is 3.77. The van der Waals surface area contributed by atoms with Crippen molar-refractivity contribution >= 4 is 22.4 Å². The summed E-state index contributed by atoms with van der Waals surface area (Å²) in [5.41, 5.74) is 1.51. The summed E-state index contributed by atoms with van der Waals surface area (Å²) in [6.45, 7) is 2.04. The van der Waals surface area contributed by atoms with Gasteiger partial charge in [-0.25, -0.2) is 0 Å². The lowest BCUT2D eigenvalue weighted by molar-refractivity contribution is -0.137. The van der Waals surface area contributed by atoms with E-state index in [-0.39, 0.29) is 12.5 Å². The fourth-order valence-electron chi connectivity index (χ4n) is 2.53. The summed E-state index contributed by atoms with van der Waals surface area (Å²) in [6.07, 6.45) is 1.79. The molecule has 0 saturated heterocycles. The highest BCUT2D eigenvalue weighted by Gasteiger charge is 2.14. The summed E-state index contributed by atoms with van der Waals surface area (Å²) in [7, 11) is 0. The number of fused-ring (bicyclic) bond motifs is 1. The zero-order valence-corrected chi connectivity index (χ0v) is 12.0. The molecule has 0 fully saturated rings. The van der Waals surface area contributed by atoms with Crippen molar-refractivity contribution in [1.82, 2.24) is 0 Å². The molecule has 0 heterocycles. The molecule has 4 heteroatoms. The van der Waals surface area contributed by atoms with E-state index in [1.54, 1.807) is 6.07 Å². The summed E-state index contributed by atoms with van der Waals surface area (Å²) < 4.78 is 0. The average molecular weight is 282 g/mol. The Bertz CT molecular complexity index is 689. The fourth-order valence-corrected chi connectivity index (χ4v) is 2.53. The van der Waals surface area contributed by atoms with E-state index >= 15 is 0 Å². The fraction of sp³-hybridized carbons (Fsp3) is 0.294. The van der Waals surface area contributed by atoms with Crippen LogP contribution in [0.3, 0.4) is 0 Å². The van der Waals surface area contributed by atoms with Crippen molar-refractivity contribution in [1.29, 1.82) is 5.26 Å². The molecule has 0 saturated carbocycles. The Morgan fingerprint density at radius 1 is 1.29 bits per heavy atom. The van der Waals surface area contributed by atoms with Crippen molar-refractivity contribution in [3.8, 4) is 6.07 Å². The first-order chi connectivity index (χ1) is 10.2. The quantitative estimate of drug-likeness (QED) is 0.846. The molecule has 0 amide bonds. The van der Waals surface area contributed by atoms with Gasteiger partial charge < -0.3 is 10.4 Å². The van der Waals surface area contributed by atoms with Crippen LogP contribution in [-0.4, -0.2) is 17.1 Å². The van der Waals surface area contributed by atoms with Crippen LogP contribution in [0, 0.1) is 11.3 Å². The molecule has 0 bridgehead atoms. The minimum absolute atomic E-state index is 0.0855. The Morgan fingerprint density at radius 3 is 2.62 bits per heavy atom. The second-order valence-electron chi connectivity index (χ2n) is 5.05. The minimum Gasteiger partial charge on any atom is -0.481 e. The second kappa shape index (κ2) is 6.76. The molecule has 0 aromatic heterocycles. The van der Waals surface area contributed by atoms with Crippen molar-refractivity contribution in [3.05, 3.63) is 42.0 Å². The van der Waals surface area contributed by atoms with Crippen LogP contribution in [0.25, 0.3) is 10.8 Å².